The molecule has 0 heterocycles. The Morgan fingerprint density at radius 2 is 1.29 bits per heavy atom. The highest BCUT2D eigenvalue weighted by Gasteiger charge is 2.29. The number of benzene rings is 2. The van der Waals surface area contributed by atoms with Crippen LogP contribution in [0.15, 0.2) is 63.6 Å². The Balaban J connectivity index is 2.41. The van der Waals surface area contributed by atoms with E-state index in [1.807, 2.05) is 60.7 Å². The molecule has 24 heavy (non-hydrogen) atoms. The molecule has 0 N–H and O–H groups in total. The number of carbonyl (C=O) groups excluding carboxylic acids is 2. The van der Waals surface area contributed by atoms with E-state index >= 15 is 0 Å². The zero-order valence-corrected chi connectivity index (χ0v) is 16.7. The Bertz CT molecular complexity index is 732. The fourth-order valence-electron chi connectivity index (χ4n) is 2.68. The fourth-order valence-corrected chi connectivity index (χ4v) is 3.21. The summed E-state index contributed by atoms with van der Waals surface area (Å²) in [5.41, 5.74) is 1.97. The van der Waals surface area contributed by atoms with Crippen LogP contribution in [0, 0.1) is 5.92 Å². The SMILES string of the molecule is CC(=O)C(C(C)=O)C(/C=C/c1ccc(Br)cc1)c1ccc(Br)cc1. The van der Waals surface area contributed by atoms with Crippen molar-refractivity contribution >= 4 is 49.5 Å². The Hall–Kier alpha value is -1.52. The molecule has 0 aliphatic carbocycles. The Morgan fingerprint density at radius 3 is 1.75 bits per heavy atom. The highest BCUT2D eigenvalue weighted by atomic mass is 79.9. The van der Waals surface area contributed by atoms with Crippen molar-refractivity contribution in [2.45, 2.75) is 19.8 Å². The van der Waals surface area contributed by atoms with Crippen LogP contribution in [0.5, 0.6) is 0 Å². The second-order valence-corrected chi connectivity index (χ2v) is 7.52. The predicted octanol–water partition coefficient (Wildman–Crippen LogP) is 5.80. The van der Waals surface area contributed by atoms with Gasteiger partial charge in [0.25, 0.3) is 0 Å². The molecule has 0 aromatic heterocycles. The lowest BCUT2D eigenvalue weighted by Crippen LogP contribution is -2.26. The molecule has 4 heteroatoms. The minimum Gasteiger partial charge on any atom is -0.299 e. The quantitative estimate of drug-likeness (QED) is 0.522. The summed E-state index contributed by atoms with van der Waals surface area (Å²) in [6.07, 6.45) is 3.90. The predicted molar refractivity (Wildman–Crippen MR) is 105 cm³/mol. The van der Waals surface area contributed by atoms with Gasteiger partial charge in [0.05, 0.1) is 5.92 Å². The molecule has 0 amide bonds. The van der Waals surface area contributed by atoms with Gasteiger partial charge in [-0.05, 0) is 49.2 Å². The molecule has 0 fully saturated rings. The highest BCUT2D eigenvalue weighted by molar-refractivity contribution is 9.10. The molecule has 0 saturated heterocycles. The van der Waals surface area contributed by atoms with E-state index in [9.17, 15) is 9.59 Å². The summed E-state index contributed by atoms with van der Waals surface area (Å²) >= 11 is 6.83. The van der Waals surface area contributed by atoms with E-state index in [-0.39, 0.29) is 17.5 Å². The molecular formula is C20H18Br2O2. The van der Waals surface area contributed by atoms with E-state index in [4.69, 9.17) is 0 Å². The minimum atomic E-state index is -0.669. The second-order valence-electron chi connectivity index (χ2n) is 5.69. The van der Waals surface area contributed by atoms with Crippen LogP contribution in [0.2, 0.25) is 0 Å². The number of halogens is 2. The Labute approximate surface area is 159 Å². The van der Waals surface area contributed by atoms with Crippen LogP contribution in [-0.2, 0) is 9.59 Å². The van der Waals surface area contributed by atoms with E-state index in [1.165, 1.54) is 13.8 Å². The van der Waals surface area contributed by atoms with Crippen molar-refractivity contribution in [1.82, 2.24) is 0 Å². The topological polar surface area (TPSA) is 34.1 Å². The van der Waals surface area contributed by atoms with Crippen LogP contribution in [-0.4, -0.2) is 11.6 Å². The minimum absolute atomic E-state index is 0.115. The van der Waals surface area contributed by atoms with Gasteiger partial charge in [-0.1, -0.05) is 68.3 Å². The number of rotatable bonds is 6. The first-order chi connectivity index (χ1) is 11.4. The number of carbonyl (C=O) groups is 2. The molecule has 0 aliphatic heterocycles. The third-order valence-electron chi connectivity index (χ3n) is 3.86. The normalized spacial score (nSPS) is 12.5. The van der Waals surface area contributed by atoms with E-state index < -0.39 is 5.92 Å². The smallest absolute Gasteiger partial charge is 0.141 e. The molecule has 124 valence electrons. The molecule has 2 aromatic carbocycles. The molecule has 0 radical (unpaired) electrons. The maximum Gasteiger partial charge on any atom is 0.141 e. The molecule has 1 atom stereocenters. The fraction of sp³-hybridized carbons (Fsp3) is 0.200. The van der Waals surface area contributed by atoms with Gasteiger partial charge in [-0.15, -0.1) is 0 Å². The summed E-state index contributed by atoms with van der Waals surface area (Å²) in [7, 11) is 0. The average molecular weight is 450 g/mol. The van der Waals surface area contributed by atoms with E-state index in [0.717, 1.165) is 20.1 Å². The first-order valence-corrected chi connectivity index (χ1v) is 9.17. The van der Waals surface area contributed by atoms with Gasteiger partial charge in [-0.3, -0.25) is 9.59 Å². The maximum absolute atomic E-state index is 12.1. The van der Waals surface area contributed by atoms with Crippen LogP contribution >= 0.6 is 31.9 Å². The molecular weight excluding hydrogens is 432 g/mol. The van der Waals surface area contributed by atoms with E-state index in [0.29, 0.717) is 0 Å². The van der Waals surface area contributed by atoms with Crippen LogP contribution in [0.25, 0.3) is 6.08 Å². The van der Waals surface area contributed by atoms with Crippen molar-refractivity contribution in [2.75, 3.05) is 0 Å². The lowest BCUT2D eigenvalue weighted by atomic mass is 9.81. The third-order valence-corrected chi connectivity index (χ3v) is 4.91. The van der Waals surface area contributed by atoms with Crippen molar-refractivity contribution in [1.29, 1.82) is 0 Å². The van der Waals surface area contributed by atoms with Gasteiger partial charge in [0.2, 0.25) is 0 Å². The summed E-state index contributed by atoms with van der Waals surface area (Å²) in [5, 5.41) is 0. The van der Waals surface area contributed by atoms with Gasteiger partial charge in [-0.2, -0.15) is 0 Å². The summed E-state index contributed by atoms with van der Waals surface area (Å²) in [6.45, 7) is 2.96. The molecule has 0 saturated carbocycles. The number of ketones is 2. The van der Waals surface area contributed by atoms with E-state index in [2.05, 4.69) is 31.9 Å². The zero-order valence-electron chi connectivity index (χ0n) is 13.5. The summed E-state index contributed by atoms with van der Waals surface area (Å²) < 4.78 is 1.97. The van der Waals surface area contributed by atoms with Gasteiger partial charge < -0.3 is 0 Å². The Kier molecular flexibility index (Phi) is 6.69. The summed E-state index contributed by atoms with van der Waals surface area (Å²) in [6, 6.07) is 15.6. The van der Waals surface area contributed by atoms with Crippen molar-refractivity contribution in [2.24, 2.45) is 5.92 Å². The first-order valence-electron chi connectivity index (χ1n) is 7.58. The largest absolute Gasteiger partial charge is 0.299 e. The van der Waals surface area contributed by atoms with Gasteiger partial charge >= 0.3 is 0 Å². The first kappa shape index (κ1) is 18.8. The van der Waals surface area contributed by atoms with Gasteiger partial charge in [0, 0.05) is 14.9 Å². The third kappa shape index (κ3) is 4.99. The molecule has 0 bridgehead atoms. The number of hydrogen-bond acceptors (Lipinski definition) is 2. The van der Waals surface area contributed by atoms with Crippen molar-refractivity contribution in [3.05, 3.63) is 74.7 Å². The molecule has 2 aromatic rings. The summed E-state index contributed by atoms with van der Waals surface area (Å²) in [5.74, 6) is -1.18. The zero-order chi connectivity index (χ0) is 17.7. The average Bonchev–Trinajstić information content (AvgIpc) is 2.53. The van der Waals surface area contributed by atoms with Crippen LogP contribution < -0.4 is 0 Å². The number of hydrogen-bond donors (Lipinski definition) is 0. The lowest BCUT2D eigenvalue weighted by Gasteiger charge is -2.21. The standard InChI is InChI=1S/C20H18Br2O2/c1-13(23)20(14(2)24)19(16-6-10-18(22)11-7-16)12-5-15-3-8-17(21)9-4-15/h3-12,19-20H,1-2H3/b12-5+. The van der Waals surface area contributed by atoms with E-state index in [1.54, 1.807) is 0 Å². The van der Waals surface area contributed by atoms with Gasteiger partial charge in [0.1, 0.15) is 11.6 Å². The molecule has 0 aliphatic rings. The molecule has 2 nitrogen and oxygen atoms in total. The number of Topliss-reactive ketones (excluding diaryl/α,β-unsaturated/α-hetero) is 2. The van der Waals surface area contributed by atoms with Crippen LogP contribution in [0.4, 0.5) is 0 Å². The second kappa shape index (κ2) is 8.54. The molecule has 0 spiro atoms. The molecule has 1 unspecified atom stereocenters. The van der Waals surface area contributed by atoms with Crippen molar-refractivity contribution < 1.29 is 9.59 Å². The number of allylic oxidation sites excluding steroid dienone is 1. The lowest BCUT2D eigenvalue weighted by molar-refractivity contribution is -0.130. The highest BCUT2D eigenvalue weighted by Crippen LogP contribution is 2.30. The van der Waals surface area contributed by atoms with Crippen molar-refractivity contribution in [3.8, 4) is 0 Å². The maximum atomic E-state index is 12.1. The Morgan fingerprint density at radius 1 is 0.833 bits per heavy atom. The molecule has 2 rings (SSSR count). The van der Waals surface area contributed by atoms with Crippen LogP contribution in [0.3, 0.4) is 0 Å². The van der Waals surface area contributed by atoms with Gasteiger partial charge in [-0.25, -0.2) is 0 Å². The van der Waals surface area contributed by atoms with Gasteiger partial charge in [0.15, 0.2) is 0 Å². The monoisotopic (exact) mass is 448 g/mol. The van der Waals surface area contributed by atoms with Crippen LogP contribution in [0.1, 0.15) is 30.9 Å². The summed E-state index contributed by atoms with van der Waals surface area (Å²) in [4.78, 5) is 24.1. The van der Waals surface area contributed by atoms with Crippen molar-refractivity contribution in [3.63, 3.8) is 0 Å².